The zero-order valence-corrected chi connectivity index (χ0v) is 18.9. The third-order valence-corrected chi connectivity index (χ3v) is 6.14. The second-order valence-corrected chi connectivity index (χ2v) is 8.58. The number of rotatable bonds is 7. The number of halogens is 1. The second-order valence-electron chi connectivity index (χ2n) is 7.64. The molecule has 2 aromatic rings. The summed E-state index contributed by atoms with van der Waals surface area (Å²) in [4.78, 5) is 25.9. The van der Waals surface area contributed by atoms with Gasteiger partial charge in [-0.15, -0.1) is 0 Å². The van der Waals surface area contributed by atoms with E-state index in [1.807, 2.05) is 32.9 Å². The van der Waals surface area contributed by atoms with E-state index in [-0.39, 0.29) is 23.5 Å². The maximum absolute atomic E-state index is 14.0. The van der Waals surface area contributed by atoms with E-state index in [0.717, 1.165) is 55.4 Å². The van der Waals surface area contributed by atoms with E-state index in [1.54, 1.807) is 0 Å². The lowest BCUT2D eigenvalue weighted by atomic mass is 10.0. The Balaban J connectivity index is 1.64. The summed E-state index contributed by atoms with van der Waals surface area (Å²) < 4.78 is 14.0. The van der Waals surface area contributed by atoms with Crippen molar-refractivity contribution in [2.24, 2.45) is 0 Å². The zero-order chi connectivity index (χ0) is 21.7. The number of hydrogen-bond acceptors (Lipinski definition) is 6. The first-order valence-corrected chi connectivity index (χ1v) is 11.4. The number of nitrogens with one attached hydrogen (secondary N) is 1. The number of benzene rings is 1. The number of aryl methyl sites for hydroxylation is 2. The van der Waals surface area contributed by atoms with E-state index in [1.165, 1.54) is 23.9 Å². The maximum atomic E-state index is 14.0. The summed E-state index contributed by atoms with van der Waals surface area (Å²) in [5, 5.41) is 3.60. The van der Waals surface area contributed by atoms with E-state index in [0.29, 0.717) is 5.16 Å². The Morgan fingerprint density at radius 1 is 1.17 bits per heavy atom. The molecule has 1 fully saturated rings. The topological polar surface area (TPSA) is 61.4 Å². The van der Waals surface area contributed by atoms with Gasteiger partial charge in [-0.25, -0.2) is 14.4 Å². The molecule has 1 aromatic heterocycles. The van der Waals surface area contributed by atoms with Crippen molar-refractivity contribution in [2.75, 3.05) is 43.4 Å². The van der Waals surface area contributed by atoms with Crippen molar-refractivity contribution in [1.29, 1.82) is 0 Å². The number of nitrogens with zero attached hydrogens (tertiary/aromatic N) is 4. The molecule has 6 nitrogen and oxygen atoms in total. The molecule has 1 unspecified atom stereocenters. The summed E-state index contributed by atoms with van der Waals surface area (Å²) in [6.07, 6.45) is 0. The van der Waals surface area contributed by atoms with Crippen molar-refractivity contribution in [3.8, 4) is 0 Å². The minimum absolute atomic E-state index is 0.124. The lowest BCUT2D eigenvalue weighted by Gasteiger charge is -2.37. The molecule has 162 valence electrons. The van der Waals surface area contributed by atoms with Crippen LogP contribution in [-0.2, 0) is 4.79 Å². The minimum atomic E-state index is -0.298. The van der Waals surface area contributed by atoms with Crippen LogP contribution in [0, 0.1) is 19.7 Å². The molecule has 0 saturated carbocycles. The molecular weight excluding hydrogens is 401 g/mol. The highest BCUT2D eigenvalue weighted by atomic mass is 32.2. The Morgan fingerprint density at radius 3 is 2.47 bits per heavy atom. The number of carbonyl (C=O) groups is 1. The molecule has 3 rings (SSSR count). The number of amides is 1. The molecule has 0 radical (unpaired) electrons. The van der Waals surface area contributed by atoms with Gasteiger partial charge in [-0.05, 0) is 51.6 Å². The van der Waals surface area contributed by atoms with Gasteiger partial charge in [-0.3, -0.25) is 4.79 Å². The fourth-order valence-corrected chi connectivity index (χ4v) is 4.47. The van der Waals surface area contributed by atoms with Gasteiger partial charge in [0.2, 0.25) is 5.91 Å². The number of aromatic nitrogens is 2. The van der Waals surface area contributed by atoms with Crippen molar-refractivity contribution in [1.82, 2.24) is 20.2 Å². The molecule has 1 aliphatic rings. The summed E-state index contributed by atoms with van der Waals surface area (Å²) in [5.74, 6) is -0.200. The SMILES string of the molecule is CCN1CCN(c2ccc(F)cc2C(C)NC(=O)CSc2nc(C)cc(C)n2)CC1. The highest BCUT2D eigenvalue weighted by Crippen LogP contribution is 2.28. The Kier molecular flexibility index (Phi) is 7.66. The average Bonchev–Trinajstić information content (AvgIpc) is 2.71. The molecule has 1 saturated heterocycles. The molecule has 1 atom stereocenters. The quantitative estimate of drug-likeness (QED) is 0.536. The van der Waals surface area contributed by atoms with Gasteiger partial charge in [0.25, 0.3) is 0 Å². The predicted molar refractivity (Wildman–Crippen MR) is 120 cm³/mol. The van der Waals surface area contributed by atoms with E-state index in [9.17, 15) is 9.18 Å². The Bertz CT molecular complexity index is 866. The Hall–Kier alpha value is -2.19. The third kappa shape index (κ3) is 5.92. The standard InChI is InChI=1S/C22H30FN5OS/c1-5-27-8-10-28(11-9-27)20-7-6-18(23)13-19(20)17(4)26-21(29)14-30-22-24-15(2)12-16(3)25-22/h6-7,12-13,17H,5,8-11,14H2,1-4H3,(H,26,29). The van der Waals surface area contributed by atoms with Gasteiger partial charge in [-0.2, -0.15) is 0 Å². The molecule has 1 N–H and O–H groups in total. The molecule has 2 heterocycles. The van der Waals surface area contributed by atoms with Crippen molar-refractivity contribution < 1.29 is 9.18 Å². The van der Waals surface area contributed by atoms with Crippen LogP contribution in [0.15, 0.2) is 29.4 Å². The van der Waals surface area contributed by atoms with Crippen LogP contribution in [0.4, 0.5) is 10.1 Å². The molecule has 30 heavy (non-hydrogen) atoms. The fourth-order valence-electron chi connectivity index (χ4n) is 3.71. The fraction of sp³-hybridized carbons (Fsp3) is 0.500. The zero-order valence-electron chi connectivity index (χ0n) is 18.1. The van der Waals surface area contributed by atoms with Gasteiger partial charge < -0.3 is 15.1 Å². The minimum Gasteiger partial charge on any atom is -0.369 e. The van der Waals surface area contributed by atoms with Gasteiger partial charge in [0.1, 0.15) is 5.82 Å². The molecule has 8 heteroatoms. The summed E-state index contributed by atoms with van der Waals surface area (Å²) in [6, 6.07) is 6.46. The first-order valence-electron chi connectivity index (χ1n) is 10.4. The van der Waals surface area contributed by atoms with Crippen LogP contribution >= 0.6 is 11.8 Å². The summed E-state index contributed by atoms with van der Waals surface area (Å²) >= 11 is 1.31. The molecule has 1 amide bonds. The van der Waals surface area contributed by atoms with Crippen LogP contribution in [-0.4, -0.2) is 59.3 Å². The number of piperazine rings is 1. The van der Waals surface area contributed by atoms with Crippen LogP contribution in [0.1, 0.15) is 36.8 Å². The van der Waals surface area contributed by atoms with Gasteiger partial charge >= 0.3 is 0 Å². The van der Waals surface area contributed by atoms with Crippen LogP contribution in [0.2, 0.25) is 0 Å². The van der Waals surface area contributed by atoms with E-state index in [2.05, 4.69) is 32.0 Å². The van der Waals surface area contributed by atoms with E-state index < -0.39 is 0 Å². The van der Waals surface area contributed by atoms with Crippen LogP contribution in [0.3, 0.4) is 0 Å². The van der Waals surface area contributed by atoms with Crippen molar-refractivity contribution in [3.63, 3.8) is 0 Å². The number of carbonyl (C=O) groups excluding carboxylic acids is 1. The van der Waals surface area contributed by atoms with Crippen LogP contribution in [0.5, 0.6) is 0 Å². The summed E-state index contributed by atoms with van der Waals surface area (Å²) in [5.41, 5.74) is 3.56. The average molecular weight is 432 g/mol. The normalized spacial score (nSPS) is 15.8. The van der Waals surface area contributed by atoms with Crippen LogP contribution < -0.4 is 10.2 Å². The maximum Gasteiger partial charge on any atom is 0.230 e. The molecule has 0 bridgehead atoms. The van der Waals surface area contributed by atoms with Gasteiger partial charge in [0.05, 0.1) is 11.8 Å². The highest BCUT2D eigenvalue weighted by molar-refractivity contribution is 7.99. The van der Waals surface area contributed by atoms with Crippen LogP contribution in [0.25, 0.3) is 0 Å². The number of thioether (sulfide) groups is 1. The third-order valence-electron chi connectivity index (χ3n) is 5.29. The first kappa shape index (κ1) is 22.5. The molecule has 1 aliphatic heterocycles. The summed E-state index contributed by atoms with van der Waals surface area (Å²) in [7, 11) is 0. The highest BCUT2D eigenvalue weighted by Gasteiger charge is 2.22. The van der Waals surface area contributed by atoms with Gasteiger partial charge in [0.15, 0.2) is 5.16 Å². The van der Waals surface area contributed by atoms with E-state index in [4.69, 9.17) is 0 Å². The molecule has 0 aliphatic carbocycles. The van der Waals surface area contributed by atoms with E-state index >= 15 is 0 Å². The molecule has 0 spiro atoms. The molecular formula is C22H30FN5OS. The Morgan fingerprint density at radius 2 is 1.83 bits per heavy atom. The van der Waals surface area contributed by atoms with Gasteiger partial charge in [-0.1, -0.05) is 18.7 Å². The largest absolute Gasteiger partial charge is 0.369 e. The monoisotopic (exact) mass is 431 g/mol. The van der Waals surface area contributed by atoms with Crippen molar-refractivity contribution in [3.05, 3.63) is 47.0 Å². The predicted octanol–water partition coefficient (Wildman–Crippen LogP) is 3.34. The first-order chi connectivity index (χ1) is 14.4. The number of hydrogen-bond donors (Lipinski definition) is 1. The smallest absolute Gasteiger partial charge is 0.230 e. The lowest BCUT2D eigenvalue weighted by molar-refractivity contribution is -0.119. The Labute approximate surface area is 182 Å². The van der Waals surface area contributed by atoms with Crippen molar-refractivity contribution in [2.45, 2.75) is 38.9 Å². The number of anilines is 1. The molecule has 1 aromatic carbocycles. The second kappa shape index (κ2) is 10.2. The van der Waals surface area contributed by atoms with Crippen molar-refractivity contribution >= 4 is 23.4 Å². The lowest BCUT2D eigenvalue weighted by Crippen LogP contribution is -2.46. The number of likely N-dealkylation sites (N-methyl/N-ethyl adjacent to an activating group) is 1. The summed E-state index contributed by atoms with van der Waals surface area (Å²) in [6.45, 7) is 12.7. The van der Waals surface area contributed by atoms with Gasteiger partial charge in [0, 0.05) is 48.8 Å².